The highest BCUT2D eigenvalue weighted by Gasteiger charge is 2.19. The zero-order chi connectivity index (χ0) is 21.0. The summed E-state index contributed by atoms with van der Waals surface area (Å²) in [6.07, 6.45) is 2.76. The number of fused-ring (bicyclic) bond motifs is 1. The van der Waals surface area contributed by atoms with Crippen LogP contribution >= 0.6 is 0 Å². The summed E-state index contributed by atoms with van der Waals surface area (Å²) in [7, 11) is 1.70. The predicted molar refractivity (Wildman–Crippen MR) is 125 cm³/mol. The Bertz CT molecular complexity index is 1210. The lowest BCUT2D eigenvalue weighted by Gasteiger charge is -2.15. The molecule has 0 atom stereocenters. The van der Waals surface area contributed by atoms with E-state index in [2.05, 4.69) is 52.8 Å². The number of hydrogen-bond acceptors (Lipinski definition) is 4. The number of aromatic nitrogens is 1. The predicted octanol–water partition coefficient (Wildman–Crippen LogP) is 5.97. The maximum Gasteiger partial charge on any atom is 0.127 e. The van der Waals surface area contributed by atoms with Gasteiger partial charge in [-0.15, -0.1) is 0 Å². The molecule has 0 radical (unpaired) electrons. The molecule has 3 aromatic carbocycles. The first-order valence-corrected chi connectivity index (χ1v) is 10.5. The zero-order valence-electron chi connectivity index (χ0n) is 17.5. The van der Waals surface area contributed by atoms with Crippen molar-refractivity contribution < 1.29 is 9.47 Å². The molecule has 0 spiro atoms. The molecule has 1 aromatic heterocycles. The number of anilines is 1. The molecule has 154 valence electrons. The van der Waals surface area contributed by atoms with Gasteiger partial charge in [-0.05, 0) is 53.1 Å². The number of methoxy groups -OCH3 is 1. The number of nitrogens with zero attached hydrogens (tertiary/aromatic N) is 1. The van der Waals surface area contributed by atoms with Gasteiger partial charge in [0.2, 0.25) is 0 Å². The molecule has 4 nitrogen and oxygen atoms in total. The first kappa shape index (κ1) is 19.2. The zero-order valence-corrected chi connectivity index (χ0v) is 17.5. The fourth-order valence-electron chi connectivity index (χ4n) is 4.05. The number of pyridine rings is 1. The van der Waals surface area contributed by atoms with Crippen molar-refractivity contribution in [2.45, 2.75) is 13.0 Å². The van der Waals surface area contributed by atoms with E-state index in [1.807, 2.05) is 42.6 Å². The number of benzene rings is 3. The van der Waals surface area contributed by atoms with Crippen LogP contribution in [-0.2, 0) is 13.0 Å². The van der Waals surface area contributed by atoms with E-state index >= 15 is 0 Å². The van der Waals surface area contributed by atoms with Crippen molar-refractivity contribution in [3.05, 3.63) is 96.2 Å². The Balaban J connectivity index is 1.47. The van der Waals surface area contributed by atoms with E-state index in [1.54, 1.807) is 7.11 Å². The Morgan fingerprint density at radius 1 is 0.903 bits per heavy atom. The molecular weight excluding hydrogens is 384 g/mol. The van der Waals surface area contributed by atoms with Gasteiger partial charge in [-0.25, -0.2) is 0 Å². The molecule has 0 aliphatic carbocycles. The molecule has 5 rings (SSSR count). The minimum atomic E-state index is 0.658. The lowest BCUT2D eigenvalue weighted by atomic mass is 9.98. The number of hydrogen-bond donors (Lipinski definition) is 1. The van der Waals surface area contributed by atoms with Gasteiger partial charge in [0.15, 0.2) is 0 Å². The summed E-state index contributed by atoms with van der Waals surface area (Å²) in [6.45, 7) is 1.39. The quantitative estimate of drug-likeness (QED) is 0.427. The molecule has 4 heteroatoms. The minimum absolute atomic E-state index is 0.658. The van der Waals surface area contributed by atoms with Crippen molar-refractivity contribution in [3.8, 4) is 33.9 Å². The Labute approximate surface area is 182 Å². The minimum Gasteiger partial charge on any atom is -0.497 e. The molecule has 0 fully saturated rings. The molecule has 2 heterocycles. The van der Waals surface area contributed by atoms with E-state index in [-0.39, 0.29) is 0 Å². The van der Waals surface area contributed by atoms with Gasteiger partial charge in [0.1, 0.15) is 11.5 Å². The molecule has 0 saturated heterocycles. The van der Waals surface area contributed by atoms with Gasteiger partial charge in [-0.3, -0.25) is 4.98 Å². The second kappa shape index (κ2) is 8.52. The molecule has 31 heavy (non-hydrogen) atoms. The third kappa shape index (κ3) is 3.97. The molecule has 1 aliphatic heterocycles. The fraction of sp³-hybridized carbons (Fsp3) is 0.148. The molecule has 1 N–H and O–H groups in total. The van der Waals surface area contributed by atoms with Crippen LogP contribution in [0.15, 0.2) is 85.1 Å². The van der Waals surface area contributed by atoms with Crippen LogP contribution in [0.4, 0.5) is 5.69 Å². The van der Waals surface area contributed by atoms with E-state index in [0.29, 0.717) is 6.54 Å². The molecule has 1 aliphatic rings. The summed E-state index contributed by atoms with van der Waals surface area (Å²) in [5.41, 5.74) is 7.77. The lowest BCUT2D eigenvalue weighted by Crippen LogP contribution is -2.04. The average Bonchev–Trinajstić information content (AvgIpc) is 3.32. The van der Waals surface area contributed by atoms with Gasteiger partial charge in [0, 0.05) is 30.3 Å². The van der Waals surface area contributed by atoms with E-state index < -0.39 is 0 Å². The molecule has 4 aromatic rings. The fourth-order valence-corrected chi connectivity index (χ4v) is 4.05. The molecule has 0 unspecified atom stereocenters. The standard InChI is InChI=1S/C27H24N2O2/c1-30-24-10-5-9-20(17-24)22-15-21-12-14-31-27(21)23(16-22)18-29-25-11-6-13-28-26(25)19-7-3-2-4-8-19/h2-11,13,15-17,29H,12,14,18H2,1H3. The average molecular weight is 409 g/mol. The SMILES string of the molecule is COc1cccc(-c2cc3c(c(CNc4cccnc4-c4ccccc4)c2)OCC3)c1. The molecule has 0 bridgehead atoms. The van der Waals surface area contributed by atoms with Crippen LogP contribution in [0.1, 0.15) is 11.1 Å². The normalized spacial score (nSPS) is 12.2. The van der Waals surface area contributed by atoms with E-state index in [0.717, 1.165) is 52.6 Å². The molecule has 0 saturated carbocycles. The van der Waals surface area contributed by atoms with Gasteiger partial charge < -0.3 is 14.8 Å². The van der Waals surface area contributed by atoms with Gasteiger partial charge >= 0.3 is 0 Å². The van der Waals surface area contributed by atoms with E-state index in [9.17, 15) is 0 Å². The van der Waals surface area contributed by atoms with E-state index in [4.69, 9.17) is 9.47 Å². The highest BCUT2D eigenvalue weighted by Crippen LogP contribution is 2.36. The first-order valence-electron chi connectivity index (χ1n) is 10.5. The summed E-state index contributed by atoms with van der Waals surface area (Å²) in [4.78, 5) is 4.61. The Morgan fingerprint density at radius 3 is 2.65 bits per heavy atom. The summed E-state index contributed by atoms with van der Waals surface area (Å²) < 4.78 is 11.4. The number of nitrogens with one attached hydrogen (secondary N) is 1. The number of rotatable bonds is 6. The highest BCUT2D eigenvalue weighted by atomic mass is 16.5. The maximum absolute atomic E-state index is 5.99. The van der Waals surface area contributed by atoms with E-state index in [1.165, 1.54) is 11.1 Å². The van der Waals surface area contributed by atoms with Crippen molar-refractivity contribution in [1.82, 2.24) is 4.98 Å². The number of ether oxygens (including phenoxy) is 2. The van der Waals surface area contributed by atoms with Crippen molar-refractivity contribution in [3.63, 3.8) is 0 Å². The lowest BCUT2D eigenvalue weighted by molar-refractivity contribution is 0.354. The third-order valence-corrected chi connectivity index (χ3v) is 5.59. The second-order valence-corrected chi connectivity index (χ2v) is 7.57. The van der Waals surface area contributed by atoms with Crippen LogP contribution in [0.3, 0.4) is 0 Å². The van der Waals surface area contributed by atoms with Gasteiger partial charge in [0.05, 0.1) is 25.1 Å². The van der Waals surface area contributed by atoms with Crippen molar-refractivity contribution in [1.29, 1.82) is 0 Å². The Kier molecular flexibility index (Phi) is 5.28. The van der Waals surface area contributed by atoms with Crippen LogP contribution in [0, 0.1) is 0 Å². The van der Waals surface area contributed by atoms with Crippen LogP contribution in [0.2, 0.25) is 0 Å². The summed E-state index contributed by atoms with van der Waals surface area (Å²) in [5, 5.41) is 3.59. The van der Waals surface area contributed by atoms with Gasteiger partial charge in [0.25, 0.3) is 0 Å². The monoisotopic (exact) mass is 408 g/mol. The van der Waals surface area contributed by atoms with Gasteiger partial charge in [-0.1, -0.05) is 42.5 Å². The Morgan fingerprint density at radius 2 is 1.77 bits per heavy atom. The summed E-state index contributed by atoms with van der Waals surface area (Å²) in [6, 6.07) is 26.9. The smallest absolute Gasteiger partial charge is 0.127 e. The van der Waals surface area contributed by atoms with Crippen LogP contribution < -0.4 is 14.8 Å². The van der Waals surface area contributed by atoms with Crippen LogP contribution in [-0.4, -0.2) is 18.7 Å². The van der Waals surface area contributed by atoms with Crippen molar-refractivity contribution in [2.24, 2.45) is 0 Å². The highest BCUT2D eigenvalue weighted by molar-refractivity contribution is 5.74. The second-order valence-electron chi connectivity index (χ2n) is 7.57. The molecule has 0 amide bonds. The van der Waals surface area contributed by atoms with Crippen LogP contribution in [0.25, 0.3) is 22.4 Å². The first-order chi connectivity index (χ1) is 15.3. The van der Waals surface area contributed by atoms with Crippen LogP contribution in [0.5, 0.6) is 11.5 Å². The maximum atomic E-state index is 5.99. The van der Waals surface area contributed by atoms with Crippen molar-refractivity contribution >= 4 is 5.69 Å². The summed E-state index contributed by atoms with van der Waals surface area (Å²) >= 11 is 0. The van der Waals surface area contributed by atoms with Crippen molar-refractivity contribution in [2.75, 3.05) is 19.0 Å². The largest absolute Gasteiger partial charge is 0.497 e. The van der Waals surface area contributed by atoms with Gasteiger partial charge in [-0.2, -0.15) is 0 Å². The molecular formula is C27H24N2O2. The summed E-state index contributed by atoms with van der Waals surface area (Å²) in [5.74, 6) is 1.86. The topological polar surface area (TPSA) is 43.4 Å². The third-order valence-electron chi connectivity index (χ3n) is 5.59. The Hall–Kier alpha value is -3.79.